The molecule has 3 nitrogen and oxygen atoms in total. The Morgan fingerprint density at radius 3 is 1.11 bits per heavy atom. The van der Waals surface area contributed by atoms with Crippen LogP contribution in [0.4, 0.5) is 0 Å². The lowest BCUT2D eigenvalue weighted by Gasteiger charge is -2.43. The zero-order chi connectivity index (χ0) is 24.7. The highest BCUT2D eigenvalue weighted by atomic mass is 16.5. The number of carbonyl (C=O) groups excluding carboxylic acids is 2. The van der Waals surface area contributed by atoms with Crippen molar-refractivity contribution in [3.63, 3.8) is 0 Å². The molecule has 176 valence electrons. The summed E-state index contributed by atoms with van der Waals surface area (Å²) >= 11 is 0. The molecule has 0 bridgehead atoms. The van der Waals surface area contributed by atoms with Gasteiger partial charge in [0.15, 0.2) is 0 Å². The zero-order valence-corrected chi connectivity index (χ0v) is 20.1. The van der Waals surface area contributed by atoms with Gasteiger partial charge in [0, 0.05) is 11.8 Å². The molecule has 0 aliphatic heterocycles. The number of hydrogen-bond donors (Lipinski definition) is 0. The van der Waals surface area contributed by atoms with Crippen molar-refractivity contribution >= 4 is 11.8 Å². The van der Waals surface area contributed by atoms with Gasteiger partial charge in [0.2, 0.25) is 0 Å². The fourth-order valence-electron chi connectivity index (χ4n) is 5.22. The Morgan fingerprint density at radius 2 is 0.886 bits per heavy atom. The van der Waals surface area contributed by atoms with Crippen LogP contribution in [0.2, 0.25) is 0 Å². The second kappa shape index (κ2) is 11.0. The van der Waals surface area contributed by atoms with E-state index in [1.165, 1.54) is 6.92 Å². The number of benzene rings is 4. The summed E-state index contributed by atoms with van der Waals surface area (Å²) < 4.78 is 5.76. The number of hydrogen-bond acceptors (Lipinski definition) is 3. The number of esters is 1. The van der Waals surface area contributed by atoms with Crippen LogP contribution in [0.3, 0.4) is 0 Å². The molecule has 0 aromatic heterocycles. The van der Waals surface area contributed by atoms with Crippen molar-refractivity contribution in [3.8, 4) is 0 Å². The molecule has 0 saturated carbocycles. The SMILES string of the molecule is CCOC(=O)C(C(C)=O)(C(c1ccccc1)c1ccccc1)C(c1ccccc1)c1ccccc1. The molecule has 0 unspecified atom stereocenters. The Hall–Kier alpha value is -3.98. The van der Waals surface area contributed by atoms with E-state index in [4.69, 9.17) is 4.74 Å². The summed E-state index contributed by atoms with van der Waals surface area (Å²) in [5.74, 6) is -1.87. The van der Waals surface area contributed by atoms with Crippen LogP contribution >= 0.6 is 0 Å². The Labute approximate surface area is 207 Å². The first-order valence-corrected chi connectivity index (χ1v) is 12.0. The minimum atomic E-state index is -1.54. The van der Waals surface area contributed by atoms with Gasteiger partial charge in [-0.1, -0.05) is 121 Å². The fourth-order valence-corrected chi connectivity index (χ4v) is 5.22. The maximum atomic E-state index is 14.2. The molecule has 0 saturated heterocycles. The summed E-state index contributed by atoms with van der Waals surface area (Å²) in [5.41, 5.74) is 2.01. The maximum absolute atomic E-state index is 14.2. The Morgan fingerprint density at radius 1 is 0.600 bits per heavy atom. The highest BCUT2D eigenvalue weighted by Gasteiger charge is 2.58. The maximum Gasteiger partial charge on any atom is 0.321 e. The van der Waals surface area contributed by atoms with Gasteiger partial charge in [0.1, 0.15) is 11.2 Å². The summed E-state index contributed by atoms with van der Waals surface area (Å²) in [5, 5.41) is 0. The minimum Gasteiger partial charge on any atom is -0.465 e. The molecule has 0 fully saturated rings. The third-order valence-corrected chi connectivity index (χ3v) is 6.64. The molecule has 4 aromatic carbocycles. The summed E-state index contributed by atoms with van der Waals surface area (Å²) in [6, 6.07) is 39.2. The second-order valence-electron chi connectivity index (χ2n) is 8.65. The van der Waals surface area contributed by atoms with Crippen molar-refractivity contribution in [1.29, 1.82) is 0 Å². The summed E-state index contributed by atoms with van der Waals surface area (Å²) in [6.07, 6.45) is 0. The van der Waals surface area contributed by atoms with Crippen molar-refractivity contribution in [1.82, 2.24) is 0 Å². The third kappa shape index (κ3) is 4.67. The molecule has 0 atom stereocenters. The van der Waals surface area contributed by atoms with Crippen LogP contribution in [-0.2, 0) is 14.3 Å². The molecule has 0 aliphatic carbocycles. The highest BCUT2D eigenvalue weighted by molar-refractivity contribution is 6.06. The molecule has 0 amide bonds. The molecular weight excluding hydrogens is 432 g/mol. The largest absolute Gasteiger partial charge is 0.465 e. The zero-order valence-electron chi connectivity index (χ0n) is 20.1. The van der Waals surface area contributed by atoms with E-state index in [1.807, 2.05) is 121 Å². The lowest BCUT2D eigenvalue weighted by molar-refractivity contribution is -0.162. The molecular formula is C32H30O3. The predicted octanol–water partition coefficient (Wildman–Crippen LogP) is 6.79. The van der Waals surface area contributed by atoms with Gasteiger partial charge in [-0.05, 0) is 36.1 Å². The van der Waals surface area contributed by atoms with E-state index in [2.05, 4.69) is 0 Å². The molecule has 4 aromatic rings. The van der Waals surface area contributed by atoms with Crippen LogP contribution in [0.15, 0.2) is 121 Å². The first kappa shape index (κ1) is 24.2. The molecule has 0 aliphatic rings. The first-order valence-electron chi connectivity index (χ1n) is 12.0. The van der Waals surface area contributed by atoms with Gasteiger partial charge in [0.05, 0.1) is 6.61 Å². The Kier molecular flexibility index (Phi) is 7.57. The summed E-state index contributed by atoms with van der Waals surface area (Å²) in [6.45, 7) is 3.48. The standard InChI is InChI=1S/C32H30O3/c1-3-35-31(34)32(24(2)33,29(25-16-8-4-9-17-25)26-18-10-5-11-19-26)30(27-20-12-6-13-21-27)28-22-14-7-15-23-28/h4-23,29-30H,3H2,1-2H3. The van der Waals surface area contributed by atoms with Gasteiger partial charge in [-0.2, -0.15) is 0 Å². The lowest BCUT2D eigenvalue weighted by Crippen LogP contribution is -2.50. The van der Waals surface area contributed by atoms with Crippen molar-refractivity contribution in [2.75, 3.05) is 6.61 Å². The van der Waals surface area contributed by atoms with Crippen LogP contribution < -0.4 is 0 Å². The number of ketones is 1. The normalized spacial score (nSPS) is 11.4. The smallest absolute Gasteiger partial charge is 0.321 e. The monoisotopic (exact) mass is 462 g/mol. The average molecular weight is 463 g/mol. The molecule has 4 rings (SSSR count). The lowest BCUT2D eigenvalue weighted by atomic mass is 9.56. The Bertz CT molecular complexity index is 1070. The van der Waals surface area contributed by atoms with Gasteiger partial charge < -0.3 is 4.74 Å². The van der Waals surface area contributed by atoms with Crippen molar-refractivity contribution in [2.45, 2.75) is 25.7 Å². The van der Waals surface area contributed by atoms with Crippen molar-refractivity contribution < 1.29 is 14.3 Å². The summed E-state index contributed by atoms with van der Waals surface area (Å²) in [7, 11) is 0. The number of carbonyl (C=O) groups is 2. The first-order chi connectivity index (χ1) is 17.1. The summed E-state index contributed by atoms with van der Waals surface area (Å²) in [4.78, 5) is 28.3. The van der Waals surface area contributed by atoms with Crippen LogP contribution in [0.1, 0.15) is 47.9 Å². The van der Waals surface area contributed by atoms with Gasteiger partial charge in [-0.15, -0.1) is 0 Å². The third-order valence-electron chi connectivity index (χ3n) is 6.64. The second-order valence-corrected chi connectivity index (χ2v) is 8.65. The highest BCUT2D eigenvalue weighted by Crippen LogP contribution is 2.54. The van der Waals surface area contributed by atoms with Gasteiger partial charge >= 0.3 is 5.97 Å². The molecule has 3 heteroatoms. The van der Waals surface area contributed by atoms with E-state index in [0.717, 1.165) is 22.3 Å². The van der Waals surface area contributed by atoms with Crippen LogP contribution in [0, 0.1) is 5.41 Å². The van der Waals surface area contributed by atoms with Gasteiger partial charge in [-0.25, -0.2) is 0 Å². The van der Waals surface area contributed by atoms with Crippen LogP contribution in [-0.4, -0.2) is 18.4 Å². The van der Waals surface area contributed by atoms with Gasteiger partial charge in [-0.3, -0.25) is 9.59 Å². The quantitative estimate of drug-likeness (QED) is 0.203. The molecule has 0 heterocycles. The van der Waals surface area contributed by atoms with E-state index in [9.17, 15) is 9.59 Å². The number of ether oxygens (including phenoxy) is 1. The number of Topliss-reactive ketones (excluding diaryl/α,β-unsaturated/α-hetero) is 1. The minimum absolute atomic E-state index is 0.181. The average Bonchev–Trinajstić information content (AvgIpc) is 2.90. The van der Waals surface area contributed by atoms with E-state index >= 15 is 0 Å². The number of rotatable bonds is 9. The van der Waals surface area contributed by atoms with Crippen molar-refractivity contribution in [2.24, 2.45) is 5.41 Å². The van der Waals surface area contributed by atoms with E-state index in [-0.39, 0.29) is 12.4 Å². The van der Waals surface area contributed by atoms with E-state index in [1.54, 1.807) is 6.92 Å². The predicted molar refractivity (Wildman–Crippen MR) is 139 cm³/mol. The topological polar surface area (TPSA) is 43.4 Å². The molecule has 0 N–H and O–H groups in total. The molecule has 0 spiro atoms. The van der Waals surface area contributed by atoms with E-state index < -0.39 is 23.2 Å². The van der Waals surface area contributed by atoms with Crippen LogP contribution in [0.25, 0.3) is 0 Å². The van der Waals surface area contributed by atoms with Crippen LogP contribution in [0.5, 0.6) is 0 Å². The molecule has 35 heavy (non-hydrogen) atoms. The fraction of sp³-hybridized carbons (Fsp3) is 0.188. The van der Waals surface area contributed by atoms with Crippen molar-refractivity contribution in [3.05, 3.63) is 144 Å². The van der Waals surface area contributed by atoms with E-state index in [0.29, 0.717) is 0 Å². The molecule has 0 radical (unpaired) electrons. The van der Waals surface area contributed by atoms with Gasteiger partial charge in [0.25, 0.3) is 0 Å². The Balaban J connectivity index is 2.13.